The van der Waals surface area contributed by atoms with Crippen molar-refractivity contribution < 1.29 is 8.42 Å². The van der Waals surface area contributed by atoms with Crippen LogP contribution in [0.3, 0.4) is 0 Å². The summed E-state index contributed by atoms with van der Waals surface area (Å²) in [5.74, 6) is 0.334. The minimum atomic E-state index is -3.40. The van der Waals surface area contributed by atoms with E-state index in [1.54, 1.807) is 12.4 Å². The lowest BCUT2D eigenvalue weighted by atomic mass is 10.5. The van der Waals surface area contributed by atoms with Crippen molar-refractivity contribution in [2.24, 2.45) is 0 Å². The normalized spacial score (nSPS) is 11.6. The van der Waals surface area contributed by atoms with Crippen molar-refractivity contribution in [2.75, 3.05) is 11.5 Å². The fourth-order valence-corrected chi connectivity index (χ4v) is 3.06. The number of thioether (sulfide) groups is 1. The maximum atomic E-state index is 10.6. The Kier molecular flexibility index (Phi) is 4.15. The molecule has 1 rings (SSSR count). The van der Waals surface area contributed by atoms with Crippen molar-refractivity contribution in [1.82, 2.24) is 9.97 Å². The number of hydrogen-bond acceptors (Lipinski definition) is 5. The van der Waals surface area contributed by atoms with E-state index in [4.69, 9.17) is 10.7 Å². The molecule has 7 heteroatoms. The van der Waals surface area contributed by atoms with Gasteiger partial charge >= 0.3 is 0 Å². The van der Waals surface area contributed by atoms with Gasteiger partial charge in [0.15, 0.2) is 0 Å². The third-order valence-corrected chi connectivity index (χ3v) is 3.90. The Morgan fingerprint density at radius 2 is 2.07 bits per heavy atom. The van der Waals surface area contributed by atoms with E-state index in [0.717, 1.165) is 10.7 Å². The van der Waals surface area contributed by atoms with Crippen molar-refractivity contribution in [2.45, 2.75) is 11.9 Å². The van der Waals surface area contributed by atoms with Gasteiger partial charge in [-0.15, -0.1) is 11.8 Å². The van der Waals surface area contributed by atoms with Gasteiger partial charge < -0.3 is 0 Å². The molecule has 0 unspecified atom stereocenters. The number of aryl methyl sites for hydroxylation is 1. The molecule has 4 nitrogen and oxygen atoms in total. The average Bonchev–Trinajstić information content (AvgIpc) is 2.06. The van der Waals surface area contributed by atoms with Crippen LogP contribution in [0.5, 0.6) is 0 Å². The second-order valence-corrected chi connectivity index (χ2v) is 6.52. The number of halogens is 1. The summed E-state index contributed by atoms with van der Waals surface area (Å²) in [6.45, 7) is 1.82. The van der Waals surface area contributed by atoms with E-state index in [9.17, 15) is 8.42 Å². The molecule has 0 saturated heterocycles. The highest BCUT2D eigenvalue weighted by Gasteiger charge is 2.07. The van der Waals surface area contributed by atoms with Crippen molar-refractivity contribution in [3.05, 3.63) is 18.1 Å². The molecule has 0 aliphatic carbocycles. The fraction of sp³-hybridized carbons (Fsp3) is 0.429. The summed E-state index contributed by atoms with van der Waals surface area (Å²) in [6.07, 6.45) is 3.17. The molecule has 0 aliphatic rings. The third kappa shape index (κ3) is 4.26. The third-order valence-electron chi connectivity index (χ3n) is 1.40. The van der Waals surface area contributed by atoms with Gasteiger partial charge in [-0.1, -0.05) is 0 Å². The summed E-state index contributed by atoms with van der Waals surface area (Å²) >= 11 is 1.34. The van der Waals surface area contributed by atoms with E-state index >= 15 is 0 Å². The van der Waals surface area contributed by atoms with Crippen LogP contribution in [-0.4, -0.2) is 29.9 Å². The zero-order valence-electron chi connectivity index (χ0n) is 7.47. The second-order valence-electron chi connectivity index (χ2n) is 2.54. The molecule has 0 aliphatic heterocycles. The first-order valence-corrected chi connectivity index (χ1v) is 7.28. The van der Waals surface area contributed by atoms with Crippen LogP contribution in [0.25, 0.3) is 0 Å². The van der Waals surface area contributed by atoms with Gasteiger partial charge in [-0.25, -0.2) is 13.4 Å². The van der Waals surface area contributed by atoms with E-state index in [1.807, 2.05) is 6.92 Å². The van der Waals surface area contributed by atoms with E-state index in [0.29, 0.717) is 5.75 Å². The zero-order chi connectivity index (χ0) is 10.6. The monoisotopic (exact) mass is 252 g/mol. The number of hydrogen-bond donors (Lipinski definition) is 0. The van der Waals surface area contributed by atoms with Crippen LogP contribution in [-0.2, 0) is 9.05 Å². The highest BCUT2D eigenvalue weighted by atomic mass is 35.7. The Bertz CT molecular complexity index is 408. The van der Waals surface area contributed by atoms with Gasteiger partial charge in [0, 0.05) is 28.8 Å². The van der Waals surface area contributed by atoms with Crippen LogP contribution in [0.2, 0.25) is 0 Å². The van der Waals surface area contributed by atoms with Gasteiger partial charge in [-0.3, -0.25) is 4.98 Å². The molecule has 0 spiro atoms. The first-order valence-electron chi connectivity index (χ1n) is 3.82. The molecule has 0 amide bonds. The lowest BCUT2D eigenvalue weighted by Gasteiger charge is -2.01. The molecule has 0 bridgehead atoms. The molecule has 1 heterocycles. The lowest BCUT2D eigenvalue weighted by Crippen LogP contribution is -2.00. The Balaban J connectivity index is 2.51. The summed E-state index contributed by atoms with van der Waals surface area (Å²) in [5.41, 5.74) is 0.796. The van der Waals surface area contributed by atoms with Crippen molar-refractivity contribution in [3.8, 4) is 0 Å². The maximum Gasteiger partial charge on any atom is 0.233 e. The van der Waals surface area contributed by atoms with Crippen LogP contribution >= 0.6 is 22.4 Å². The zero-order valence-corrected chi connectivity index (χ0v) is 9.86. The molecule has 0 radical (unpaired) electrons. The predicted molar refractivity (Wildman–Crippen MR) is 57.1 cm³/mol. The summed E-state index contributed by atoms with van der Waals surface area (Å²) in [7, 11) is 1.66. The molecule has 1 aromatic rings. The molecule has 0 aromatic carbocycles. The van der Waals surface area contributed by atoms with Crippen molar-refractivity contribution in [3.63, 3.8) is 0 Å². The number of aromatic nitrogens is 2. The Labute approximate surface area is 91.5 Å². The molecule has 0 fully saturated rings. The van der Waals surface area contributed by atoms with Crippen LogP contribution in [0.4, 0.5) is 0 Å². The van der Waals surface area contributed by atoms with Gasteiger partial charge in [-0.2, -0.15) is 0 Å². The molecule has 14 heavy (non-hydrogen) atoms. The van der Waals surface area contributed by atoms with Crippen molar-refractivity contribution in [1.29, 1.82) is 0 Å². The topological polar surface area (TPSA) is 59.9 Å². The number of nitrogens with zero attached hydrogens (tertiary/aromatic N) is 2. The molecular weight excluding hydrogens is 244 g/mol. The second kappa shape index (κ2) is 4.95. The summed E-state index contributed by atoms with van der Waals surface area (Å²) < 4.78 is 21.2. The summed E-state index contributed by atoms with van der Waals surface area (Å²) in [6, 6.07) is 0. The van der Waals surface area contributed by atoms with Crippen LogP contribution < -0.4 is 0 Å². The van der Waals surface area contributed by atoms with E-state index in [1.165, 1.54) is 11.8 Å². The van der Waals surface area contributed by atoms with E-state index < -0.39 is 9.05 Å². The molecular formula is C7H9ClN2O2S2. The Hall–Kier alpha value is -0.330. The van der Waals surface area contributed by atoms with Gasteiger partial charge in [0.2, 0.25) is 9.05 Å². The van der Waals surface area contributed by atoms with Gasteiger partial charge in [0.25, 0.3) is 0 Å². The molecule has 0 atom stereocenters. The lowest BCUT2D eigenvalue weighted by molar-refractivity contribution is 0.611. The summed E-state index contributed by atoms with van der Waals surface area (Å²) in [4.78, 5) is 8.09. The Morgan fingerprint density at radius 1 is 1.43 bits per heavy atom. The van der Waals surface area contributed by atoms with Gasteiger partial charge in [-0.05, 0) is 6.92 Å². The van der Waals surface area contributed by atoms with Crippen LogP contribution in [0.15, 0.2) is 17.4 Å². The Morgan fingerprint density at radius 3 is 2.64 bits per heavy atom. The quantitative estimate of drug-likeness (QED) is 0.600. The summed E-state index contributed by atoms with van der Waals surface area (Å²) in [5, 5.41) is 0.743. The van der Waals surface area contributed by atoms with Crippen molar-refractivity contribution >= 4 is 31.5 Å². The van der Waals surface area contributed by atoms with E-state index in [2.05, 4.69) is 9.97 Å². The molecule has 0 N–H and O–H groups in total. The van der Waals surface area contributed by atoms with Gasteiger partial charge in [0.05, 0.1) is 11.4 Å². The SMILES string of the molecule is Cc1nccnc1SCCS(=O)(=O)Cl. The fourth-order valence-electron chi connectivity index (χ4n) is 0.774. The molecule has 0 saturated carbocycles. The van der Waals surface area contributed by atoms with Crippen LogP contribution in [0.1, 0.15) is 5.69 Å². The predicted octanol–water partition coefficient (Wildman–Crippen LogP) is 1.45. The first-order chi connectivity index (χ1) is 6.49. The van der Waals surface area contributed by atoms with Gasteiger partial charge in [0.1, 0.15) is 5.03 Å². The minimum absolute atomic E-state index is 0.0603. The van der Waals surface area contributed by atoms with E-state index in [-0.39, 0.29) is 5.75 Å². The molecule has 1 aromatic heterocycles. The smallest absolute Gasteiger partial charge is 0.233 e. The largest absolute Gasteiger partial charge is 0.257 e. The standard InChI is InChI=1S/C7H9ClN2O2S2/c1-6-7(10-3-2-9-6)13-4-5-14(8,11)12/h2-3H,4-5H2,1H3. The van der Waals surface area contributed by atoms with Crippen LogP contribution in [0, 0.1) is 6.92 Å². The minimum Gasteiger partial charge on any atom is -0.257 e. The average molecular weight is 253 g/mol. The molecule has 78 valence electrons. The first kappa shape index (κ1) is 11.7. The maximum absolute atomic E-state index is 10.6. The highest BCUT2D eigenvalue weighted by molar-refractivity contribution is 8.14. The highest BCUT2D eigenvalue weighted by Crippen LogP contribution is 2.17. The number of rotatable bonds is 4.